The summed E-state index contributed by atoms with van der Waals surface area (Å²) in [6.45, 7) is 0. The minimum atomic E-state index is -1.78. The lowest BCUT2D eigenvalue weighted by atomic mass is 9.85. The van der Waals surface area contributed by atoms with Gasteiger partial charge in [0, 0.05) is 21.9 Å². The molecule has 0 aliphatic carbocycles. The zero-order valence-corrected chi connectivity index (χ0v) is 17.5. The molecule has 0 saturated heterocycles. The van der Waals surface area contributed by atoms with E-state index in [0.29, 0.717) is 10.9 Å². The minimum absolute atomic E-state index is 0.0834. The number of ether oxygens (including phenoxy) is 1. The van der Waals surface area contributed by atoms with Crippen LogP contribution in [0.15, 0.2) is 66.7 Å². The van der Waals surface area contributed by atoms with Gasteiger partial charge in [0.25, 0.3) is 0 Å². The third-order valence-electron chi connectivity index (χ3n) is 5.81. The minimum Gasteiger partial charge on any atom is -0.491 e. The van der Waals surface area contributed by atoms with Crippen molar-refractivity contribution in [3.05, 3.63) is 102 Å². The van der Waals surface area contributed by atoms with E-state index in [1.165, 1.54) is 12.1 Å². The largest absolute Gasteiger partial charge is 0.491 e. The molecule has 0 aliphatic heterocycles. The SMILES string of the molecule is COc1c(F)c(F)c(-c2c3ccccc3c(-c3ccccc3)c3c(F)ccc(F)c23)c(F)c1F. The van der Waals surface area contributed by atoms with Crippen LogP contribution in [-0.4, -0.2) is 7.11 Å². The summed E-state index contributed by atoms with van der Waals surface area (Å²) in [5, 5.41) is -0.370. The summed E-state index contributed by atoms with van der Waals surface area (Å²) >= 11 is 0. The smallest absolute Gasteiger partial charge is 0.204 e. The number of halogens is 6. The second-order valence-corrected chi connectivity index (χ2v) is 7.60. The molecule has 0 aromatic heterocycles. The molecule has 0 fully saturated rings. The Morgan fingerprint density at radius 2 is 0.971 bits per heavy atom. The van der Waals surface area contributed by atoms with Gasteiger partial charge >= 0.3 is 0 Å². The molecule has 0 N–H and O–H groups in total. The quantitative estimate of drug-likeness (QED) is 0.147. The molecular weight excluding hydrogens is 454 g/mol. The van der Waals surface area contributed by atoms with Crippen LogP contribution < -0.4 is 4.74 Å². The Labute approximate surface area is 189 Å². The van der Waals surface area contributed by atoms with E-state index in [0.717, 1.165) is 19.2 Å². The van der Waals surface area contributed by atoms with Crippen LogP contribution in [0.4, 0.5) is 26.3 Å². The van der Waals surface area contributed by atoms with Crippen LogP contribution >= 0.6 is 0 Å². The van der Waals surface area contributed by atoms with Crippen molar-refractivity contribution in [2.75, 3.05) is 7.11 Å². The van der Waals surface area contributed by atoms with Crippen LogP contribution in [0.25, 0.3) is 43.8 Å². The second kappa shape index (κ2) is 8.09. The fourth-order valence-corrected chi connectivity index (χ4v) is 4.40. The van der Waals surface area contributed by atoms with Crippen LogP contribution in [0.3, 0.4) is 0 Å². The van der Waals surface area contributed by atoms with Gasteiger partial charge in [0.2, 0.25) is 11.6 Å². The Hall–Kier alpha value is -4.00. The van der Waals surface area contributed by atoms with E-state index in [1.807, 2.05) is 0 Å². The number of methoxy groups -OCH3 is 1. The maximum Gasteiger partial charge on any atom is 0.204 e. The van der Waals surface area contributed by atoms with Gasteiger partial charge in [-0.25, -0.2) is 17.6 Å². The highest BCUT2D eigenvalue weighted by molar-refractivity contribution is 6.21. The van der Waals surface area contributed by atoms with Gasteiger partial charge in [0.15, 0.2) is 17.4 Å². The predicted molar refractivity (Wildman–Crippen MR) is 119 cm³/mol. The molecule has 0 heterocycles. The summed E-state index contributed by atoms with van der Waals surface area (Å²) in [7, 11) is 0.856. The summed E-state index contributed by atoms with van der Waals surface area (Å²) in [6.07, 6.45) is 0. The van der Waals surface area contributed by atoms with E-state index in [4.69, 9.17) is 0 Å². The number of rotatable bonds is 3. The molecule has 1 nitrogen and oxygen atoms in total. The Morgan fingerprint density at radius 3 is 1.50 bits per heavy atom. The molecule has 0 aliphatic rings. The van der Waals surface area contributed by atoms with Crippen molar-refractivity contribution in [3.63, 3.8) is 0 Å². The van der Waals surface area contributed by atoms with Gasteiger partial charge in [-0.2, -0.15) is 8.78 Å². The Bertz CT molecular complexity index is 1570. The molecule has 0 bridgehead atoms. The lowest BCUT2D eigenvalue weighted by Gasteiger charge is -2.20. The molecule has 34 heavy (non-hydrogen) atoms. The first-order valence-corrected chi connectivity index (χ1v) is 10.1. The standard InChI is InChI=1S/C27H14F6O/c1-34-27-25(32)23(30)22(24(31)26(27)33)19-15-10-6-5-9-14(15)18(13-7-3-2-4-8-13)20-16(28)11-12-17(29)21(19)20/h2-12H,1H3. The summed E-state index contributed by atoms with van der Waals surface area (Å²) < 4.78 is 94.8. The topological polar surface area (TPSA) is 9.23 Å². The van der Waals surface area contributed by atoms with Crippen molar-refractivity contribution in [2.45, 2.75) is 0 Å². The van der Waals surface area contributed by atoms with E-state index in [1.54, 1.807) is 42.5 Å². The molecule has 0 saturated carbocycles. The Kier molecular flexibility index (Phi) is 5.20. The van der Waals surface area contributed by atoms with Gasteiger partial charge in [0.1, 0.15) is 11.6 Å². The number of fused-ring (bicyclic) bond motifs is 2. The third kappa shape index (κ3) is 3.04. The van der Waals surface area contributed by atoms with Gasteiger partial charge in [-0.05, 0) is 28.5 Å². The first-order valence-electron chi connectivity index (χ1n) is 10.1. The summed E-state index contributed by atoms with van der Waals surface area (Å²) in [4.78, 5) is 0. The molecule has 0 spiro atoms. The van der Waals surface area contributed by atoms with E-state index in [-0.39, 0.29) is 16.3 Å². The first-order chi connectivity index (χ1) is 16.4. The van der Waals surface area contributed by atoms with Crippen LogP contribution in [0.2, 0.25) is 0 Å². The molecule has 5 aromatic rings. The van der Waals surface area contributed by atoms with E-state index in [9.17, 15) is 8.78 Å². The molecule has 7 heteroatoms. The van der Waals surface area contributed by atoms with Crippen molar-refractivity contribution >= 4 is 21.5 Å². The average Bonchev–Trinajstić information content (AvgIpc) is 2.85. The first kappa shape index (κ1) is 21.8. The maximum atomic E-state index is 15.3. The highest BCUT2D eigenvalue weighted by Gasteiger charge is 2.31. The van der Waals surface area contributed by atoms with Gasteiger partial charge < -0.3 is 4.74 Å². The monoisotopic (exact) mass is 468 g/mol. The van der Waals surface area contributed by atoms with Gasteiger partial charge in [-0.1, -0.05) is 54.6 Å². The van der Waals surface area contributed by atoms with Gasteiger partial charge in [-0.15, -0.1) is 0 Å². The normalized spacial score (nSPS) is 11.4. The molecule has 0 atom stereocenters. The summed E-state index contributed by atoms with van der Waals surface area (Å²) in [6, 6.07) is 16.3. The summed E-state index contributed by atoms with van der Waals surface area (Å²) in [5.74, 6) is -10.2. The van der Waals surface area contributed by atoms with Crippen LogP contribution in [-0.2, 0) is 0 Å². The number of hydrogen-bond donors (Lipinski definition) is 0. The average molecular weight is 468 g/mol. The molecule has 5 rings (SSSR count). The van der Waals surface area contributed by atoms with Crippen LogP contribution in [0.1, 0.15) is 0 Å². The Balaban J connectivity index is 2.10. The van der Waals surface area contributed by atoms with Crippen LogP contribution in [0, 0.1) is 34.9 Å². The molecule has 0 radical (unpaired) electrons. The second-order valence-electron chi connectivity index (χ2n) is 7.60. The highest BCUT2D eigenvalue weighted by atomic mass is 19.2. The fourth-order valence-electron chi connectivity index (χ4n) is 4.40. The van der Waals surface area contributed by atoms with E-state index >= 15 is 17.6 Å². The van der Waals surface area contributed by atoms with Crippen molar-refractivity contribution in [2.24, 2.45) is 0 Å². The fraction of sp³-hybridized carbons (Fsp3) is 0.0370. The number of hydrogen-bond acceptors (Lipinski definition) is 1. The maximum absolute atomic E-state index is 15.3. The van der Waals surface area contributed by atoms with Crippen molar-refractivity contribution < 1.29 is 31.1 Å². The molecule has 170 valence electrons. The van der Waals surface area contributed by atoms with Crippen molar-refractivity contribution in [1.82, 2.24) is 0 Å². The number of benzene rings is 5. The van der Waals surface area contributed by atoms with Gasteiger partial charge in [0.05, 0.1) is 12.7 Å². The van der Waals surface area contributed by atoms with Crippen molar-refractivity contribution in [3.8, 4) is 28.0 Å². The third-order valence-corrected chi connectivity index (χ3v) is 5.81. The zero-order valence-electron chi connectivity index (χ0n) is 17.5. The van der Waals surface area contributed by atoms with Gasteiger partial charge in [-0.3, -0.25) is 0 Å². The molecule has 5 aromatic carbocycles. The van der Waals surface area contributed by atoms with Crippen LogP contribution in [0.5, 0.6) is 5.75 Å². The lowest BCUT2D eigenvalue weighted by molar-refractivity contribution is 0.334. The molecular formula is C27H14F6O. The predicted octanol–water partition coefficient (Wildman–Crippen LogP) is 8.17. The molecule has 0 unspecified atom stereocenters. The molecule has 0 amide bonds. The van der Waals surface area contributed by atoms with Crippen molar-refractivity contribution in [1.29, 1.82) is 0 Å². The van der Waals surface area contributed by atoms with E-state index in [2.05, 4.69) is 4.74 Å². The highest BCUT2D eigenvalue weighted by Crippen LogP contribution is 2.47. The Morgan fingerprint density at radius 1 is 0.500 bits per heavy atom. The summed E-state index contributed by atoms with van der Waals surface area (Å²) in [5.41, 5.74) is -0.853. The van der Waals surface area contributed by atoms with E-state index < -0.39 is 57.2 Å². The zero-order chi connectivity index (χ0) is 24.1. The lowest BCUT2D eigenvalue weighted by Crippen LogP contribution is -2.05.